The Labute approximate surface area is 119 Å². The Hall–Kier alpha value is -0.510. The first kappa shape index (κ1) is 13.5. The van der Waals surface area contributed by atoms with Crippen LogP contribution in [0.1, 0.15) is 32.1 Å². The Morgan fingerprint density at radius 2 is 1.95 bits per heavy atom. The summed E-state index contributed by atoms with van der Waals surface area (Å²) in [5.74, 6) is 1.61. The summed E-state index contributed by atoms with van der Waals surface area (Å²) in [5, 5.41) is 0. The molecule has 1 aromatic rings. The predicted octanol–water partition coefficient (Wildman–Crippen LogP) is 4.10. The SMILES string of the molecule is c1ccc(SCCCC2CCCC23OCCO3)cc1. The minimum absolute atomic E-state index is 0.197. The Bertz CT molecular complexity index is 381. The molecule has 1 spiro atoms. The van der Waals surface area contributed by atoms with E-state index in [1.807, 2.05) is 11.8 Å². The van der Waals surface area contributed by atoms with Gasteiger partial charge in [-0.15, -0.1) is 11.8 Å². The summed E-state index contributed by atoms with van der Waals surface area (Å²) < 4.78 is 11.8. The molecule has 19 heavy (non-hydrogen) atoms. The van der Waals surface area contributed by atoms with E-state index in [0.717, 1.165) is 19.6 Å². The lowest BCUT2D eigenvalue weighted by Crippen LogP contribution is -2.34. The van der Waals surface area contributed by atoms with Crippen molar-refractivity contribution in [3.8, 4) is 0 Å². The van der Waals surface area contributed by atoms with Crippen LogP contribution in [0.2, 0.25) is 0 Å². The summed E-state index contributed by atoms with van der Waals surface area (Å²) >= 11 is 1.95. The van der Waals surface area contributed by atoms with Gasteiger partial charge in [-0.2, -0.15) is 0 Å². The van der Waals surface area contributed by atoms with Crippen LogP contribution in [0.15, 0.2) is 35.2 Å². The van der Waals surface area contributed by atoms with E-state index >= 15 is 0 Å². The average molecular weight is 278 g/mol. The summed E-state index contributed by atoms with van der Waals surface area (Å²) in [6, 6.07) is 10.7. The first-order valence-electron chi connectivity index (χ1n) is 7.35. The zero-order valence-corrected chi connectivity index (χ0v) is 12.2. The Balaban J connectivity index is 1.42. The zero-order chi connectivity index (χ0) is 13.0. The van der Waals surface area contributed by atoms with Crippen LogP contribution < -0.4 is 0 Å². The molecule has 3 heteroatoms. The lowest BCUT2D eigenvalue weighted by Gasteiger charge is -2.29. The van der Waals surface area contributed by atoms with E-state index in [0.29, 0.717) is 5.92 Å². The van der Waals surface area contributed by atoms with E-state index in [9.17, 15) is 0 Å². The van der Waals surface area contributed by atoms with Crippen LogP contribution in [0.5, 0.6) is 0 Å². The first-order valence-corrected chi connectivity index (χ1v) is 8.33. The fourth-order valence-electron chi connectivity index (χ4n) is 3.27. The summed E-state index contributed by atoms with van der Waals surface area (Å²) in [4.78, 5) is 1.37. The first-order chi connectivity index (χ1) is 9.39. The topological polar surface area (TPSA) is 18.5 Å². The van der Waals surface area contributed by atoms with Gasteiger partial charge in [0.2, 0.25) is 0 Å². The molecule has 1 saturated heterocycles. The van der Waals surface area contributed by atoms with Gasteiger partial charge in [0, 0.05) is 17.2 Å². The average Bonchev–Trinajstić information content (AvgIpc) is 3.08. The van der Waals surface area contributed by atoms with Crippen LogP contribution in [0, 0.1) is 5.92 Å². The molecule has 1 aromatic carbocycles. The third-order valence-corrected chi connectivity index (χ3v) is 5.28. The summed E-state index contributed by atoms with van der Waals surface area (Å²) in [6.07, 6.45) is 6.12. The Morgan fingerprint density at radius 3 is 2.74 bits per heavy atom. The van der Waals surface area contributed by atoms with Crippen LogP contribution in [-0.2, 0) is 9.47 Å². The number of hydrogen-bond acceptors (Lipinski definition) is 3. The second-order valence-electron chi connectivity index (χ2n) is 5.40. The number of rotatable bonds is 5. The van der Waals surface area contributed by atoms with Gasteiger partial charge in [0.15, 0.2) is 5.79 Å². The van der Waals surface area contributed by atoms with E-state index in [1.54, 1.807) is 0 Å². The van der Waals surface area contributed by atoms with Crippen LogP contribution in [0.25, 0.3) is 0 Å². The fourth-order valence-corrected chi connectivity index (χ4v) is 4.17. The van der Waals surface area contributed by atoms with Gasteiger partial charge in [-0.1, -0.05) is 18.2 Å². The minimum atomic E-state index is -0.197. The molecule has 0 N–H and O–H groups in total. The second kappa shape index (κ2) is 6.29. The fraction of sp³-hybridized carbons (Fsp3) is 0.625. The quantitative estimate of drug-likeness (QED) is 0.597. The van der Waals surface area contributed by atoms with Gasteiger partial charge in [0.1, 0.15) is 0 Å². The van der Waals surface area contributed by atoms with Crippen LogP contribution in [0.4, 0.5) is 0 Å². The van der Waals surface area contributed by atoms with E-state index in [4.69, 9.17) is 9.47 Å². The summed E-state index contributed by atoms with van der Waals surface area (Å²) in [6.45, 7) is 1.57. The summed E-state index contributed by atoms with van der Waals surface area (Å²) in [5.41, 5.74) is 0. The van der Waals surface area contributed by atoms with Gasteiger partial charge in [0.05, 0.1) is 13.2 Å². The molecule has 1 unspecified atom stereocenters. The highest BCUT2D eigenvalue weighted by atomic mass is 32.2. The van der Waals surface area contributed by atoms with Gasteiger partial charge in [-0.05, 0) is 43.6 Å². The number of benzene rings is 1. The third-order valence-electron chi connectivity index (χ3n) is 4.18. The Kier molecular flexibility index (Phi) is 4.46. The molecule has 0 amide bonds. The highest BCUT2D eigenvalue weighted by Crippen LogP contribution is 2.44. The van der Waals surface area contributed by atoms with Crippen molar-refractivity contribution in [2.75, 3.05) is 19.0 Å². The van der Waals surface area contributed by atoms with Crippen LogP contribution in [0.3, 0.4) is 0 Å². The van der Waals surface area contributed by atoms with Gasteiger partial charge in [-0.3, -0.25) is 0 Å². The second-order valence-corrected chi connectivity index (χ2v) is 6.57. The monoisotopic (exact) mass is 278 g/mol. The van der Waals surface area contributed by atoms with Crippen LogP contribution in [-0.4, -0.2) is 24.8 Å². The maximum Gasteiger partial charge on any atom is 0.171 e. The Morgan fingerprint density at radius 1 is 1.16 bits per heavy atom. The molecule has 104 valence electrons. The van der Waals surface area contributed by atoms with E-state index < -0.39 is 0 Å². The molecule has 1 aliphatic heterocycles. The molecule has 1 atom stereocenters. The zero-order valence-electron chi connectivity index (χ0n) is 11.3. The van der Waals surface area contributed by atoms with Gasteiger partial charge < -0.3 is 9.47 Å². The van der Waals surface area contributed by atoms with E-state index in [2.05, 4.69) is 30.3 Å². The maximum atomic E-state index is 5.90. The molecule has 1 saturated carbocycles. The van der Waals surface area contributed by atoms with Gasteiger partial charge in [0.25, 0.3) is 0 Å². The maximum absolute atomic E-state index is 5.90. The lowest BCUT2D eigenvalue weighted by molar-refractivity contribution is -0.182. The van der Waals surface area contributed by atoms with Gasteiger partial charge >= 0.3 is 0 Å². The number of ether oxygens (including phenoxy) is 2. The molecular formula is C16H22O2S. The van der Waals surface area contributed by atoms with Crippen LogP contribution >= 0.6 is 11.8 Å². The largest absolute Gasteiger partial charge is 0.347 e. The number of hydrogen-bond donors (Lipinski definition) is 0. The standard InChI is InChI=1S/C16H22O2S/c1-2-8-15(9-3-1)19-13-5-7-14-6-4-10-16(14)17-11-12-18-16/h1-3,8-9,14H,4-7,10-13H2. The number of thioether (sulfide) groups is 1. The predicted molar refractivity (Wildman–Crippen MR) is 78.4 cm³/mol. The molecule has 2 nitrogen and oxygen atoms in total. The molecule has 2 aliphatic rings. The lowest BCUT2D eigenvalue weighted by atomic mass is 9.97. The molecule has 0 radical (unpaired) electrons. The molecule has 2 fully saturated rings. The smallest absolute Gasteiger partial charge is 0.171 e. The minimum Gasteiger partial charge on any atom is -0.347 e. The van der Waals surface area contributed by atoms with Crippen molar-refractivity contribution in [3.05, 3.63) is 30.3 Å². The molecule has 1 heterocycles. The molecule has 1 aliphatic carbocycles. The molecule has 0 bridgehead atoms. The van der Waals surface area contributed by atoms with Crippen molar-refractivity contribution >= 4 is 11.8 Å². The van der Waals surface area contributed by atoms with Crippen molar-refractivity contribution in [1.29, 1.82) is 0 Å². The molecule has 3 rings (SSSR count). The van der Waals surface area contributed by atoms with Gasteiger partial charge in [-0.25, -0.2) is 0 Å². The van der Waals surface area contributed by atoms with Crippen molar-refractivity contribution in [2.24, 2.45) is 5.92 Å². The highest BCUT2D eigenvalue weighted by molar-refractivity contribution is 7.99. The van der Waals surface area contributed by atoms with E-state index in [-0.39, 0.29) is 5.79 Å². The third kappa shape index (κ3) is 3.15. The van der Waals surface area contributed by atoms with Crippen molar-refractivity contribution in [1.82, 2.24) is 0 Å². The van der Waals surface area contributed by atoms with Crippen molar-refractivity contribution < 1.29 is 9.47 Å². The highest BCUT2D eigenvalue weighted by Gasteiger charge is 2.47. The van der Waals surface area contributed by atoms with E-state index in [1.165, 1.54) is 36.3 Å². The van der Waals surface area contributed by atoms with Crippen molar-refractivity contribution in [3.63, 3.8) is 0 Å². The van der Waals surface area contributed by atoms with Crippen molar-refractivity contribution in [2.45, 2.75) is 42.8 Å². The molecule has 0 aromatic heterocycles. The molecular weight excluding hydrogens is 256 g/mol. The normalized spacial score (nSPS) is 25.2. The summed E-state index contributed by atoms with van der Waals surface area (Å²) in [7, 11) is 0.